The van der Waals surface area contributed by atoms with Gasteiger partial charge in [-0.05, 0) is 44.4 Å². The number of rotatable bonds is 4. The van der Waals surface area contributed by atoms with E-state index in [2.05, 4.69) is 15.1 Å². The van der Waals surface area contributed by atoms with E-state index < -0.39 is 5.60 Å². The van der Waals surface area contributed by atoms with Gasteiger partial charge in [0.15, 0.2) is 5.95 Å². The second-order valence-corrected chi connectivity index (χ2v) is 5.98. The van der Waals surface area contributed by atoms with Crippen molar-refractivity contribution in [1.29, 1.82) is 0 Å². The fraction of sp³-hybridized carbons (Fsp3) is 0.412. The Morgan fingerprint density at radius 1 is 1.26 bits per heavy atom. The summed E-state index contributed by atoms with van der Waals surface area (Å²) >= 11 is 0. The summed E-state index contributed by atoms with van der Waals surface area (Å²) in [6.45, 7) is 7.72. The fourth-order valence-corrected chi connectivity index (χ4v) is 3.16. The minimum atomic E-state index is -0.950. The van der Waals surface area contributed by atoms with E-state index in [1.165, 1.54) is 0 Å². The van der Waals surface area contributed by atoms with Crippen molar-refractivity contribution in [1.82, 2.24) is 15.1 Å². The Bertz CT molecular complexity index is 839. The van der Waals surface area contributed by atoms with Crippen molar-refractivity contribution < 1.29 is 9.63 Å². The summed E-state index contributed by atoms with van der Waals surface area (Å²) in [5.41, 5.74) is 9.87. The fourth-order valence-electron chi connectivity index (χ4n) is 3.16. The molecule has 0 fully saturated rings. The van der Waals surface area contributed by atoms with Gasteiger partial charge in [0, 0.05) is 11.1 Å². The van der Waals surface area contributed by atoms with Gasteiger partial charge in [0.05, 0.1) is 22.3 Å². The summed E-state index contributed by atoms with van der Waals surface area (Å²) in [7, 11) is 0. The highest BCUT2D eigenvalue weighted by atomic mass is 16.5. The van der Waals surface area contributed by atoms with Crippen molar-refractivity contribution in [2.45, 2.75) is 46.1 Å². The van der Waals surface area contributed by atoms with Crippen LogP contribution in [0.5, 0.6) is 0 Å². The number of H-pyrrole nitrogens is 1. The number of imidazole rings is 1. The first-order valence-corrected chi connectivity index (χ1v) is 7.85. The SMILES string of the molecule is CCC(O)(CC)c1cc(-c2c(C)noc2C)cc2[nH]c(N)nc12. The van der Waals surface area contributed by atoms with Gasteiger partial charge in [0.2, 0.25) is 0 Å². The number of hydrogen-bond donors (Lipinski definition) is 3. The zero-order valence-corrected chi connectivity index (χ0v) is 13.9. The molecule has 23 heavy (non-hydrogen) atoms. The van der Waals surface area contributed by atoms with Crippen LogP contribution in [0, 0.1) is 13.8 Å². The minimum absolute atomic E-state index is 0.340. The maximum Gasteiger partial charge on any atom is 0.198 e. The van der Waals surface area contributed by atoms with Gasteiger partial charge in [0.1, 0.15) is 5.76 Å². The quantitative estimate of drug-likeness (QED) is 0.685. The molecule has 6 heteroatoms. The minimum Gasteiger partial charge on any atom is -0.385 e. The summed E-state index contributed by atoms with van der Waals surface area (Å²) in [6, 6.07) is 3.95. The molecule has 0 spiro atoms. The Kier molecular flexibility index (Phi) is 3.64. The Balaban J connectivity index is 2.34. The van der Waals surface area contributed by atoms with Crippen LogP contribution in [0.4, 0.5) is 5.95 Å². The van der Waals surface area contributed by atoms with Gasteiger partial charge in [0.25, 0.3) is 0 Å². The smallest absolute Gasteiger partial charge is 0.198 e. The van der Waals surface area contributed by atoms with E-state index in [4.69, 9.17) is 10.3 Å². The summed E-state index contributed by atoms with van der Waals surface area (Å²) in [4.78, 5) is 7.43. The Labute approximate surface area is 134 Å². The van der Waals surface area contributed by atoms with Crippen molar-refractivity contribution in [2.75, 3.05) is 5.73 Å². The number of aromatic amines is 1. The number of fused-ring (bicyclic) bond motifs is 1. The lowest BCUT2D eigenvalue weighted by atomic mass is 9.85. The Morgan fingerprint density at radius 2 is 1.96 bits per heavy atom. The van der Waals surface area contributed by atoms with Crippen LogP contribution in [0.3, 0.4) is 0 Å². The van der Waals surface area contributed by atoms with Crippen LogP contribution in [0.2, 0.25) is 0 Å². The van der Waals surface area contributed by atoms with Crippen molar-refractivity contribution in [2.24, 2.45) is 0 Å². The third kappa shape index (κ3) is 2.39. The summed E-state index contributed by atoms with van der Waals surface area (Å²) in [6.07, 6.45) is 1.19. The van der Waals surface area contributed by atoms with E-state index >= 15 is 0 Å². The molecule has 3 rings (SSSR count). The number of hydrogen-bond acceptors (Lipinski definition) is 5. The molecule has 0 aliphatic heterocycles. The van der Waals surface area contributed by atoms with Crippen LogP contribution >= 0.6 is 0 Å². The molecule has 0 radical (unpaired) electrons. The molecule has 0 saturated carbocycles. The standard InChI is InChI=1S/C17H22N4O2/c1-5-17(22,6-2)12-7-11(14-9(3)21-23-10(14)4)8-13-15(12)20-16(18)19-13/h7-8,22H,5-6H2,1-4H3,(H3,18,19,20). The van der Waals surface area contributed by atoms with Gasteiger partial charge in [-0.2, -0.15) is 0 Å². The molecule has 6 nitrogen and oxygen atoms in total. The topological polar surface area (TPSA) is 101 Å². The second-order valence-electron chi connectivity index (χ2n) is 5.98. The average molecular weight is 314 g/mol. The monoisotopic (exact) mass is 314 g/mol. The normalized spacial score (nSPS) is 12.2. The molecule has 0 atom stereocenters. The number of nitrogens with zero attached hydrogens (tertiary/aromatic N) is 2. The molecule has 4 N–H and O–H groups in total. The van der Waals surface area contributed by atoms with E-state index in [1.54, 1.807) is 0 Å². The van der Waals surface area contributed by atoms with Gasteiger partial charge in [-0.15, -0.1) is 0 Å². The summed E-state index contributed by atoms with van der Waals surface area (Å²) in [5, 5.41) is 15.1. The molecule has 1 aromatic carbocycles. The molecule has 0 unspecified atom stereocenters. The van der Waals surface area contributed by atoms with E-state index in [0.717, 1.165) is 33.7 Å². The average Bonchev–Trinajstić information content (AvgIpc) is 3.06. The van der Waals surface area contributed by atoms with Gasteiger partial charge >= 0.3 is 0 Å². The van der Waals surface area contributed by atoms with Crippen LogP contribution in [-0.4, -0.2) is 20.2 Å². The largest absolute Gasteiger partial charge is 0.385 e. The number of nitrogens with one attached hydrogen (secondary N) is 1. The molecule has 122 valence electrons. The van der Waals surface area contributed by atoms with Crippen molar-refractivity contribution in [3.63, 3.8) is 0 Å². The number of benzene rings is 1. The molecule has 0 saturated heterocycles. The third-order valence-electron chi connectivity index (χ3n) is 4.60. The molecule has 0 aliphatic rings. The van der Waals surface area contributed by atoms with Gasteiger partial charge in [-0.1, -0.05) is 19.0 Å². The maximum atomic E-state index is 11.0. The van der Waals surface area contributed by atoms with Crippen LogP contribution in [0.25, 0.3) is 22.2 Å². The first-order chi connectivity index (χ1) is 10.9. The second kappa shape index (κ2) is 5.38. The first-order valence-electron chi connectivity index (χ1n) is 7.85. The first kappa shape index (κ1) is 15.6. The highest BCUT2D eigenvalue weighted by molar-refractivity contribution is 5.88. The van der Waals surface area contributed by atoms with Crippen LogP contribution in [0.15, 0.2) is 16.7 Å². The van der Waals surface area contributed by atoms with Crippen LogP contribution in [0.1, 0.15) is 43.7 Å². The van der Waals surface area contributed by atoms with E-state index in [0.29, 0.717) is 24.3 Å². The third-order valence-corrected chi connectivity index (χ3v) is 4.60. The number of aromatic nitrogens is 3. The molecular weight excluding hydrogens is 292 g/mol. The molecule has 0 aliphatic carbocycles. The van der Waals surface area contributed by atoms with Crippen molar-refractivity contribution in [3.8, 4) is 11.1 Å². The lowest BCUT2D eigenvalue weighted by Crippen LogP contribution is -2.24. The number of nitrogens with two attached hydrogens (primary N) is 1. The molecular formula is C17H22N4O2. The lowest BCUT2D eigenvalue weighted by Gasteiger charge is -2.26. The lowest BCUT2D eigenvalue weighted by molar-refractivity contribution is 0.0297. The highest BCUT2D eigenvalue weighted by Crippen LogP contribution is 2.38. The van der Waals surface area contributed by atoms with E-state index in [1.807, 2.05) is 39.8 Å². The van der Waals surface area contributed by atoms with E-state index in [9.17, 15) is 5.11 Å². The predicted octanol–water partition coefficient (Wildman–Crippen LogP) is 3.42. The predicted molar refractivity (Wildman–Crippen MR) is 90.0 cm³/mol. The number of anilines is 1. The highest BCUT2D eigenvalue weighted by Gasteiger charge is 2.29. The Hall–Kier alpha value is -2.34. The van der Waals surface area contributed by atoms with Gasteiger partial charge in [-0.3, -0.25) is 0 Å². The zero-order valence-electron chi connectivity index (χ0n) is 13.9. The molecule has 0 amide bonds. The number of aliphatic hydroxyl groups is 1. The number of aryl methyl sites for hydroxylation is 2. The molecule has 2 heterocycles. The van der Waals surface area contributed by atoms with Crippen LogP contribution in [-0.2, 0) is 5.60 Å². The maximum absolute atomic E-state index is 11.0. The van der Waals surface area contributed by atoms with Crippen molar-refractivity contribution >= 4 is 17.0 Å². The summed E-state index contributed by atoms with van der Waals surface area (Å²) < 4.78 is 5.28. The molecule has 3 aromatic rings. The summed E-state index contributed by atoms with van der Waals surface area (Å²) in [5.74, 6) is 1.09. The molecule has 0 bridgehead atoms. The van der Waals surface area contributed by atoms with Gasteiger partial charge < -0.3 is 20.3 Å². The number of nitrogen functional groups attached to an aromatic ring is 1. The zero-order chi connectivity index (χ0) is 16.8. The van der Waals surface area contributed by atoms with Gasteiger partial charge in [-0.25, -0.2) is 4.98 Å². The van der Waals surface area contributed by atoms with Crippen molar-refractivity contribution in [3.05, 3.63) is 29.2 Å². The van der Waals surface area contributed by atoms with E-state index in [-0.39, 0.29) is 0 Å². The molecule has 2 aromatic heterocycles. The Morgan fingerprint density at radius 3 is 2.52 bits per heavy atom. The van der Waals surface area contributed by atoms with Crippen LogP contribution < -0.4 is 5.73 Å².